The summed E-state index contributed by atoms with van der Waals surface area (Å²) in [7, 11) is 0. The number of nitrogens with zero attached hydrogens (tertiary/aromatic N) is 3. The van der Waals surface area contributed by atoms with Crippen molar-refractivity contribution in [2.75, 3.05) is 6.54 Å². The Hall–Kier alpha value is -3.38. The van der Waals surface area contributed by atoms with E-state index in [0.717, 1.165) is 12.1 Å². The van der Waals surface area contributed by atoms with Crippen LogP contribution in [0.15, 0.2) is 70.4 Å². The Morgan fingerprint density at radius 2 is 1.82 bits per heavy atom. The van der Waals surface area contributed by atoms with Gasteiger partial charge in [-0.2, -0.15) is 0 Å². The van der Waals surface area contributed by atoms with E-state index in [9.17, 15) is 9.59 Å². The minimum Gasteiger partial charge on any atom is -0.450 e. The molecule has 3 heterocycles. The number of halogens is 1. The van der Waals surface area contributed by atoms with Gasteiger partial charge in [-0.15, -0.1) is 0 Å². The number of benzene rings is 2. The number of aryl methyl sites for hydroxylation is 1. The highest BCUT2D eigenvalue weighted by Gasteiger charge is 2.42. The minimum atomic E-state index is -0.515. The summed E-state index contributed by atoms with van der Waals surface area (Å²) in [5.74, 6) is -0.146. The van der Waals surface area contributed by atoms with Crippen LogP contribution < -0.4 is 5.43 Å². The first kappa shape index (κ1) is 22.4. The van der Waals surface area contributed by atoms with Crippen molar-refractivity contribution < 1.29 is 9.21 Å². The van der Waals surface area contributed by atoms with Gasteiger partial charge in [0.1, 0.15) is 5.58 Å². The van der Waals surface area contributed by atoms with Gasteiger partial charge in [-0.25, -0.2) is 4.98 Å². The molecule has 0 fully saturated rings. The molecule has 0 N–H and O–H groups in total. The molecule has 0 radical (unpaired) electrons. The second-order valence-corrected chi connectivity index (χ2v) is 10.2. The van der Waals surface area contributed by atoms with Gasteiger partial charge in [0.2, 0.25) is 5.76 Å². The number of hydrogen-bond donors (Lipinski definition) is 0. The van der Waals surface area contributed by atoms with E-state index in [1.165, 1.54) is 5.56 Å². The van der Waals surface area contributed by atoms with Crippen LogP contribution in [0.5, 0.6) is 0 Å². The summed E-state index contributed by atoms with van der Waals surface area (Å²) in [6, 6.07) is 12.6. The van der Waals surface area contributed by atoms with Crippen LogP contribution in [-0.2, 0) is 12.0 Å². The van der Waals surface area contributed by atoms with Crippen LogP contribution in [0.1, 0.15) is 60.5 Å². The summed E-state index contributed by atoms with van der Waals surface area (Å²) >= 11 is 6.16. The Kier molecular flexibility index (Phi) is 5.56. The maximum absolute atomic E-state index is 13.6. The Morgan fingerprint density at radius 3 is 2.50 bits per heavy atom. The third-order valence-electron chi connectivity index (χ3n) is 6.39. The van der Waals surface area contributed by atoms with E-state index in [0.29, 0.717) is 34.5 Å². The summed E-state index contributed by atoms with van der Waals surface area (Å²) in [5.41, 5.74) is 2.60. The van der Waals surface area contributed by atoms with Gasteiger partial charge in [0.25, 0.3) is 5.91 Å². The number of aromatic nitrogens is 2. The average Bonchev–Trinajstić information content (AvgIpc) is 3.41. The van der Waals surface area contributed by atoms with Gasteiger partial charge >= 0.3 is 0 Å². The van der Waals surface area contributed by atoms with E-state index in [1.807, 2.05) is 22.9 Å². The van der Waals surface area contributed by atoms with Gasteiger partial charge in [-0.1, -0.05) is 56.6 Å². The van der Waals surface area contributed by atoms with Crippen LogP contribution >= 0.6 is 11.6 Å². The topological polar surface area (TPSA) is 68.3 Å². The number of carbonyl (C=O) groups is 1. The molecule has 2 aromatic heterocycles. The highest BCUT2D eigenvalue weighted by molar-refractivity contribution is 6.31. The molecule has 5 rings (SSSR count). The summed E-state index contributed by atoms with van der Waals surface area (Å²) in [6.45, 7) is 7.66. The third kappa shape index (κ3) is 3.92. The lowest BCUT2D eigenvalue weighted by Crippen LogP contribution is -2.31. The number of carbonyl (C=O) groups excluding carboxylic acids is 1. The molecule has 174 valence electrons. The Labute approximate surface area is 202 Å². The summed E-state index contributed by atoms with van der Waals surface area (Å²) in [6.07, 6.45) is 6.09. The van der Waals surface area contributed by atoms with Crippen molar-refractivity contribution in [2.24, 2.45) is 0 Å². The lowest BCUT2D eigenvalue weighted by atomic mass is 9.86. The standard InChI is InChI=1S/C27H26ClN3O3/c1-27(2,3)18-7-5-17(6-8-18)23-22-24(32)20-15-19(28)9-10-21(20)34-25(22)26(33)31(23)13-4-12-30-14-11-29-16-30/h5-11,14-16,23H,4,12-13H2,1-3H3. The van der Waals surface area contributed by atoms with E-state index < -0.39 is 6.04 Å². The van der Waals surface area contributed by atoms with Gasteiger partial charge in [0.15, 0.2) is 5.43 Å². The highest BCUT2D eigenvalue weighted by Crippen LogP contribution is 2.39. The minimum absolute atomic E-state index is 0.00159. The monoisotopic (exact) mass is 475 g/mol. The molecule has 0 bridgehead atoms. The quantitative estimate of drug-likeness (QED) is 0.378. The number of rotatable bonds is 5. The molecule has 1 amide bonds. The number of fused-ring (bicyclic) bond motifs is 2. The molecule has 4 aromatic rings. The predicted octanol–water partition coefficient (Wildman–Crippen LogP) is 5.58. The average molecular weight is 476 g/mol. The van der Waals surface area contributed by atoms with Crippen LogP contribution in [0.4, 0.5) is 0 Å². The van der Waals surface area contributed by atoms with Crippen LogP contribution in [0.3, 0.4) is 0 Å². The number of amides is 1. The van der Waals surface area contributed by atoms with Crippen molar-refractivity contribution in [3.63, 3.8) is 0 Å². The lowest BCUT2D eigenvalue weighted by Gasteiger charge is -2.26. The summed E-state index contributed by atoms with van der Waals surface area (Å²) in [4.78, 5) is 33.0. The van der Waals surface area contributed by atoms with Crippen LogP contribution in [0.2, 0.25) is 5.02 Å². The van der Waals surface area contributed by atoms with Crippen LogP contribution in [-0.4, -0.2) is 26.9 Å². The van der Waals surface area contributed by atoms with Gasteiger partial charge in [0.05, 0.1) is 23.3 Å². The highest BCUT2D eigenvalue weighted by atomic mass is 35.5. The fourth-order valence-electron chi connectivity index (χ4n) is 4.58. The Morgan fingerprint density at radius 1 is 1.06 bits per heavy atom. The first-order chi connectivity index (χ1) is 16.2. The molecule has 7 heteroatoms. The van der Waals surface area contributed by atoms with E-state index in [1.54, 1.807) is 35.6 Å². The van der Waals surface area contributed by atoms with Crippen molar-refractivity contribution in [2.45, 2.75) is 45.2 Å². The zero-order chi connectivity index (χ0) is 24.0. The third-order valence-corrected chi connectivity index (χ3v) is 6.63. The molecule has 1 atom stereocenters. The first-order valence-corrected chi connectivity index (χ1v) is 11.8. The Bertz CT molecular complexity index is 1420. The maximum atomic E-state index is 13.6. The normalized spacial score (nSPS) is 15.8. The zero-order valence-electron chi connectivity index (χ0n) is 19.4. The van der Waals surface area contributed by atoms with E-state index in [2.05, 4.69) is 37.9 Å². The molecular formula is C27H26ClN3O3. The molecule has 1 unspecified atom stereocenters. The van der Waals surface area contributed by atoms with E-state index in [4.69, 9.17) is 16.0 Å². The molecule has 0 saturated carbocycles. The predicted molar refractivity (Wildman–Crippen MR) is 132 cm³/mol. The largest absolute Gasteiger partial charge is 0.450 e. The molecule has 0 saturated heterocycles. The van der Waals surface area contributed by atoms with E-state index >= 15 is 0 Å². The SMILES string of the molecule is CC(C)(C)c1ccc(C2c3c(oc4ccc(Cl)cc4c3=O)C(=O)N2CCCn2ccnc2)cc1. The number of hydrogen-bond acceptors (Lipinski definition) is 4. The first-order valence-electron chi connectivity index (χ1n) is 11.4. The molecule has 6 nitrogen and oxygen atoms in total. The molecule has 0 aliphatic carbocycles. The fraction of sp³-hybridized carbons (Fsp3) is 0.296. The van der Waals surface area contributed by atoms with E-state index in [-0.39, 0.29) is 22.5 Å². The van der Waals surface area contributed by atoms with Crippen molar-refractivity contribution in [1.82, 2.24) is 14.5 Å². The molecular weight excluding hydrogens is 450 g/mol. The maximum Gasteiger partial charge on any atom is 0.290 e. The Balaban J connectivity index is 1.60. The van der Waals surface area contributed by atoms with Crippen molar-refractivity contribution in [3.05, 3.63) is 98.9 Å². The number of imidazole rings is 1. The van der Waals surface area contributed by atoms with Gasteiger partial charge < -0.3 is 13.9 Å². The lowest BCUT2D eigenvalue weighted by molar-refractivity contribution is 0.0723. The smallest absolute Gasteiger partial charge is 0.290 e. The molecule has 0 spiro atoms. The second-order valence-electron chi connectivity index (χ2n) is 9.74. The van der Waals surface area contributed by atoms with Gasteiger partial charge in [0, 0.05) is 30.5 Å². The van der Waals surface area contributed by atoms with Gasteiger partial charge in [-0.05, 0) is 41.2 Å². The fourth-order valence-corrected chi connectivity index (χ4v) is 4.75. The molecule has 2 aromatic carbocycles. The summed E-state index contributed by atoms with van der Waals surface area (Å²) < 4.78 is 7.97. The van der Waals surface area contributed by atoms with Crippen molar-refractivity contribution in [3.8, 4) is 0 Å². The molecule has 1 aliphatic heterocycles. The summed E-state index contributed by atoms with van der Waals surface area (Å²) in [5, 5.41) is 0.836. The zero-order valence-corrected chi connectivity index (χ0v) is 20.2. The van der Waals surface area contributed by atoms with Gasteiger partial charge in [-0.3, -0.25) is 9.59 Å². The van der Waals surface area contributed by atoms with Crippen molar-refractivity contribution >= 4 is 28.5 Å². The van der Waals surface area contributed by atoms with Crippen molar-refractivity contribution in [1.29, 1.82) is 0 Å². The van der Waals surface area contributed by atoms with Crippen LogP contribution in [0, 0.1) is 0 Å². The van der Waals surface area contributed by atoms with Crippen LogP contribution in [0.25, 0.3) is 11.0 Å². The second kappa shape index (κ2) is 8.44. The molecule has 34 heavy (non-hydrogen) atoms. The molecule has 1 aliphatic rings.